The number of allylic oxidation sites excluding steroid dienone is 1. The second-order valence-electron chi connectivity index (χ2n) is 5.02. The van der Waals surface area contributed by atoms with Crippen molar-refractivity contribution in [3.05, 3.63) is 12.2 Å². The Labute approximate surface area is 114 Å². The van der Waals surface area contributed by atoms with Crippen molar-refractivity contribution in [3.8, 4) is 0 Å². The summed E-state index contributed by atoms with van der Waals surface area (Å²) < 4.78 is 0. The lowest BCUT2D eigenvalue weighted by molar-refractivity contribution is -0.151. The maximum atomic E-state index is 11.9. The highest BCUT2D eigenvalue weighted by Crippen LogP contribution is 2.35. The maximum absolute atomic E-state index is 11.9. The van der Waals surface area contributed by atoms with Crippen molar-refractivity contribution in [2.45, 2.75) is 39.5 Å². The van der Waals surface area contributed by atoms with E-state index in [2.05, 4.69) is 5.32 Å². The highest BCUT2D eigenvalue weighted by Gasteiger charge is 2.40. The van der Waals surface area contributed by atoms with Crippen LogP contribution < -0.4 is 5.32 Å². The Kier molecular flexibility index (Phi) is 5.86. The molecule has 108 valence electrons. The van der Waals surface area contributed by atoms with Gasteiger partial charge in [0.15, 0.2) is 0 Å². The summed E-state index contributed by atoms with van der Waals surface area (Å²) in [5, 5.41) is 12.1. The van der Waals surface area contributed by atoms with Crippen LogP contribution in [0.5, 0.6) is 0 Å². The van der Waals surface area contributed by atoms with Crippen LogP contribution in [0.4, 0.5) is 4.79 Å². The van der Waals surface area contributed by atoms with E-state index in [0.717, 1.165) is 6.42 Å². The standard InChI is InChI=1S/C14H24N2O3/c1-3-5-6-9-15-13(19)16-10-7-14(4-2,8-11-16)12(17)18/h3,5H,4,6-11H2,1-2H3,(H,15,19)(H,17,18)/b5-3+. The third-order valence-corrected chi connectivity index (χ3v) is 3.96. The lowest BCUT2D eigenvalue weighted by Gasteiger charge is -2.38. The molecule has 0 aromatic carbocycles. The molecule has 0 bridgehead atoms. The second-order valence-corrected chi connectivity index (χ2v) is 5.02. The quantitative estimate of drug-likeness (QED) is 0.593. The number of aliphatic carboxylic acids is 1. The molecule has 0 unspecified atom stereocenters. The van der Waals surface area contributed by atoms with Crippen molar-refractivity contribution in [2.75, 3.05) is 19.6 Å². The molecule has 0 saturated carbocycles. The summed E-state index contributed by atoms with van der Waals surface area (Å²) in [6.07, 6.45) is 6.49. The average molecular weight is 268 g/mol. The Balaban J connectivity index is 2.40. The van der Waals surface area contributed by atoms with Gasteiger partial charge < -0.3 is 15.3 Å². The van der Waals surface area contributed by atoms with Gasteiger partial charge in [-0.05, 0) is 32.6 Å². The number of carboxylic acid groups (broad SMARTS) is 1. The minimum Gasteiger partial charge on any atom is -0.481 e. The SMILES string of the molecule is C/C=C/CCNC(=O)N1CCC(CC)(C(=O)O)CC1. The van der Waals surface area contributed by atoms with Crippen LogP contribution in [0, 0.1) is 5.41 Å². The van der Waals surface area contributed by atoms with Crippen molar-refractivity contribution in [1.29, 1.82) is 0 Å². The highest BCUT2D eigenvalue weighted by atomic mass is 16.4. The third-order valence-electron chi connectivity index (χ3n) is 3.96. The first kappa shape index (κ1) is 15.5. The van der Waals surface area contributed by atoms with E-state index in [1.807, 2.05) is 26.0 Å². The van der Waals surface area contributed by atoms with Crippen LogP contribution in [-0.2, 0) is 4.79 Å². The zero-order chi connectivity index (χ0) is 14.3. The summed E-state index contributed by atoms with van der Waals surface area (Å²) in [6.45, 7) is 5.52. The van der Waals surface area contributed by atoms with Crippen molar-refractivity contribution in [3.63, 3.8) is 0 Å². The number of hydrogen-bond acceptors (Lipinski definition) is 2. The molecule has 1 heterocycles. The van der Waals surface area contributed by atoms with Gasteiger partial charge in [-0.25, -0.2) is 4.79 Å². The summed E-state index contributed by atoms with van der Waals surface area (Å²) in [5.74, 6) is -0.733. The van der Waals surface area contributed by atoms with Crippen molar-refractivity contribution in [2.24, 2.45) is 5.41 Å². The summed E-state index contributed by atoms with van der Waals surface area (Å²) >= 11 is 0. The number of piperidine rings is 1. The number of urea groups is 1. The number of hydrogen-bond donors (Lipinski definition) is 2. The number of nitrogens with one attached hydrogen (secondary N) is 1. The molecule has 2 amide bonds. The first-order chi connectivity index (χ1) is 9.05. The summed E-state index contributed by atoms with van der Waals surface area (Å²) in [4.78, 5) is 24.9. The van der Waals surface area contributed by atoms with Gasteiger partial charge in [0, 0.05) is 19.6 Å². The number of carboxylic acids is 1. The average Bonchev–Trinajstić information content (AvgIpc) is 2.43. The molecular formula is C14H24N2O3. The van der Waals surface area contributed by atoms with Crippen molar-refractivity contribution >= 4 is 12.0 Å². The third kappa shape index (κ3) is 3.98. The molecule has 1 saturated heterocycles. The lowest BCUT2D eigenvalue weighted by atomic mass is 9.76. The Morgan fingerprint density at radius 2 is 2.00 bits per heavy atom. The van der Waals surface area contributed by atoms with Crippen LogP contribution in [0.2, 0.25) is 0 Å². The van der Waals surface area contributed by atoms with E-state index in [9.17, 15) is 14.7 Å². The first-order valence-corrected chi connectivity index (χ1v) is 6.93. The van der Waals surface area contributed by atoms with Crippen LogP contribution in [0.15, 0.2) is 12.2 Å². The fourth-order valence-electron chi connectivity index (χ4n) is 2.40. The molecule has 19 heavy (non-hydrogen) atoms. The van der Waals surface area contributed by atoms with Gasteiger partial charge in [-0.2, -0.15) is 0 Å². The van der Waals surface area contributed by atoms with Crippen LogP contribution >= 0.6 is 0 Å². The minimum absolute atomic E-state index is 0.0837. The van der Waals surface area contributed by atoms with Gasteiger partial charge in [0.2, 0.25) is 0 Å². The number of amides is 2. The molecule has 0 atom stereocenters. The molecule has 5 nitrogen and oxygen atoms in total. The van der Waals surface area contributed by atoms with Gasteiger partial charge in [0.05, 0.1) is 5.41 Å². The minimum atomic E-state index is -0.733. The zero-order valence-corrected chi connectivity index (χ0v) is 11.8. The van der Waals surface area contributed by atoms with Crippen LogP contribution in [0.1, 0.15) is 39.5 Å². The molecule has 0 aliphatic carbocycles. The number of nitrogens with zero attached hydrogens (tertiary/aromatic N) is 1. The number of carbonyl (C=O) groups excluding carboxylic acids is 1. The molecular weight excluding hydrogens is 244 g/mol. The molecule has 1 rings (SSSR count). The molecule has 0 aromatic rings. The van der Waals surface area contributed by atoms with Crippen LogP contribution in [0.3, 0.4) is 0 Å². The molecule has 1 aliphatic rings. The lowest BCUT2D eigenvalue weighted by Crippen LogP contribution is -2.49. The topological polar surface area (TPSA) is 69.6 Å². The van der Waals surface area contributed by atoms with Gasteiger partial charge in [-0.3, -0.25) is 4.79 Å². The van der Waals surface area contributed by atoms with Crippen molar-refractivity contribution < 1.29 is 14.7 Å². The molecule has 1 aliphatic heterocycles. The van der Waals surface area contributed by atoms with E-state index in [1.54, 1.807) is 4.90 Å². The van der Waals surface area contributed by atoms with Crippen molar-refractivity contribution in [1.82, 2.24) is 10.2 Å². The second kappa shape index (κ2) is 7.16. The Hall–Kier alpha value is -1.52. The monoisotopic (exact) mass is 268 g/mol. The molecule has 5 heteroatoms. The fourth-order valence-corrected chi connectivity index (χ4v) is 2.40. The normalized spacial score (nSPS) is 18.5. The summed E-state index contributed by atoms with van der Waals surface area (Å²) in [7, 11) is 0. The van der Waals surface area contributed by atoms with Gasteiger partial charge >= 0.3 is 12.0 Å². The van der Waals surface area contributed by atoms with E-state index in [-0.39, 0.29) is 6.03 Å². The Morgan fingerprint density at radius 3 is 2.47 bits per heavy atom. The van der Waals surface area contributed by atoms with E-state index in [1.165, 1.54) is 0 Å². The molecule has 2 N–H and O–H groups in total. The van der Waals surface area contributed by atoms with Crippen LogP contribution in [-0.4, -0.2) is 41.6 Å². The predicted molar refractivity (Wildman–Crippen MR) is 74.0 cm³/mol. The van der Waals surface area contributed by atoms with E-state index < -0.39 is 11.4 Å². The number of rotatable bonds is 5. The molecule has 0 spiro atoms. The van der Waals surface area contributed by atoms with E-state index in [0.29, 0.717) is 38.9 Å². The highest BCUT2D eigenvalue weighted by molar-refractivity contribution is 5.77. The Morgan fingerprint density at radius 1 is 1.37 bits per heavy atom. The first-order valence-electron chi connectivity index (χ1n) is 6.93. The van der Waals surface area contributed by atoms with Crippen LogP contribution in [0.25, 0.3) is 0 Å². The van der Waals surface area contributed by atoms with E-state index >= 15 is 0 Å². The van der Waals surface area contributed by atoms with E-state index in [4.69, 9.17) is 0 Å². The summed E-state index contributed by atoms with van der Waals surface area (Å²) in [5.41, 5.74) is -0.637. The van der Waals surface area contributed by atoms with Gasteiger partial charge in [-0.1, -0.05) is 19.1 Å². The molecule has 0 aromatic heterocycles. The molecule has 0 radical (unpaired) electrons. The smallest absolute Gasteiger partial charge is 0.317 e. The largest absolute Gasteiger partial charge is 0.481 e. The van der Waals surface area contributed by atoms with Gasteiger partial charge in [0.1, 0.15) is 0 Å². The van der Waals surface area contributed by atoms with Gasteiger partial charge in [-0.15, -0.1) is 0 Å². The summed E-state index contributed by atoms with van der Waals surface area (Å²) in [6, 6.07) is -0.0837. The maximum Gasteiger partial charge on any atom is 0.317 e. The Bertz CT molecular complexity index is 345. The number of carbonyl (C=O) groups is 2. The fraction of sp³-hybridized carbons (Fsp3) is 0.714. The molecule has 1 fully saturated rings. The number of likely N-dealkylation sites (tertiary alicyclic amines) is 1. The van der Waals surface area contributed by atoms with Gasteiger partial charge in [0.25, 0.3) is 0 Å². The zero-order valence-electron chi connectivity index (χ0n) is 11.8. The predicted octanol–water partition coefficient (Wildman–Crippen LogP) is 2.24.